The Balaban J connectivity index is 1.98. The van der Waals surface area contributed by atoms with Gasteiger partial charge in [-0.15, -0.1) is 0 Å². The summed E-state index contributed by atoms with van der Waals surface area (Å²) >= 11 is 0. The largest absolute Gasteiger partial charge is 0.392 e. The van der Waals surface area contributed by atoms with Crippen LogP contribution >= 0.6 is 0 Å². The minimum absolute atomic E-state index is 0.0235. The predicted molar refractivity (Wildman–Crippen MR) is 90.1 cm³/mol. The SMILES string of the molecule is CC(C)(C)C1CCC(C(O)C2(CN)CCCCCC2)CC1. The number of rotatable bonds is 3. The van der Waals surface area contributed by atoms with Crippen LogP contribution in [0.5, 0.6) is 0 Å². The third kappa shape index (κ3) is 4.01. The minimum atomic E-state index is -0.165. The third-order valence-corrected chi connectivity index (χ3v) is 6.58. The van der Waals surface area contributed by atoms with Crippen molar-refractivity contribution in [3.05, 3.63) is 0 Å². The van der Waals surface area contributed by atoms with E-state index in [-0.39, 0.29) is 11.5 Å². The molecule has 2 aliphatic rings. The number of aliphatic hydroxyl groups is 1. The Hall–Kier alpha value is -0.0800. The number of aliphatic hydroxyl groups excluding tert-OH is 1. The van der Waals surface area contributed by atoms with Gasteiger partial charge in [-0.25, -0.2) is 0 Å². The maximum absolute atomic E-state index is 11.1. The minimum Gasteiger partial charge on any atom is -0.392 e. The molecule has 2 nitrogen and oxygen atoms in total. The number of hydrogen-bond donors (Lipinski definition) is 2. The van der Waals surface area contributed by atoms with E-state index in [1.54, 1.807) is 0 Å². The second kappa shape index (κ2) is 7.00. The Kier molecular flexibility index (Phi) is 5.76. The lowest BCUT2D eigenvalue weighted by Gasteiger charge is -2.44. The van der Waals surface area contributed by atoms with E-state index in [2.05, 4.69) is 20.8 Å². The molecule has 2 rings (SSSR count). The lowest BCUT2D eigenvalue weighted by atomic mass is 9.64. The van der Waals surface area contributed by atoms with Crippen LogP contribution < -0.4 is 5.73 Å². The molecule has 124 valence electrons. The Bertz CT molecular complexity index is 304. The first-order chi connectivity index (χ1) is 9.89. The monoisotopic (exact) mass is 295 g/mol. The molecule has 0 aromatic heterocycles. The van der Waals surface area contributed by atoms with Gasteiger partial charge in [0.1, 0.15) is 0 Å². The molecule has 0 aromatic rings. The third-order valence-electron chi connectivity index (χ3n) is 6.58. The predicted octanol–water partition coefficient (Wildman–Crippen LogP) is 4.50. The van der Waals surface area contributed by atoms with Crippen LogP contribution in [-0.4, -0.2) is 17.8 Å². The molecule has 0 amide bonds. The summed E-state index contributed by atoms with van der Waals surface area (Å²) in [5.41, 5.74) is 6.60. The lowest BCUT2D eigenvalue weighted by Crippen LogP contribution is -2.46. The highest BCUT2D eigenvalue weighted by Crippen LogP contribution is 2.46. The van der Waals surface area contributed by atoms with Gasteiger partial charge in [0.15, 0.2) is 0 Å². The Morgan fingerprint density at radius 1 is 1.00 bits per heavy atom. The first-order valence-electron chi connectivity index (χ1n) is 9.27. The van der Waals surface area contributed by atoms with Crippen molar-refractivity contribution in [3.8, 4) is 0 Å². The van der Waals surface area contributed by atoms with Gasteiger partial charge in [0, 0.05) is 12.0 Å². The summed E-state index contributed by atoms with van der Waals surface area (Å²) in [6.45, 7) is 7.76. The number of nitrogens with two attached hydrogens (primary N) is 1. The van der Waals surface area contributed by atoms with Gasteiger partial charge in [0.2, 0.25) is 0 Å². The molecular weight excluding hydrogens is 258 g/mol. The molecule has 0 saturated heterocycles. The van der Waals surface area contributed by atoms with Crippen molar-refractivity contribution >= 4 is 0 Å². The molecule has 2 fully saturated rings. The van der Waals surface area contributed by atoms with Crippen molar-refractivity contribution in [1.29, 1.82) is 0 Å². The fourth-order valence-corrected chi connectivity index (χ4v) is 4.85. The second-order valence-corrected chi connectivity index (χ2v) is 8.90. The van der Waals surface area contributed by atoms with Gasteiger partial charge >= 0.3 is 0 Å². The van der Waals surface area contributed by atoms with Gasteiger partial charge in [-0.05, 0) is 55.8 Å². The molecule has 0 aromatic carbocycles. The summed E-state index contributed by atoms with van der Waals surface area (Å²) in [6, 6.07) is 0. The van der Waals surface area contributed by atoms with E-state index in [0.717, 1.165) is 18.8 Å². The van der Waals surface area contributed by atoms with Gasteiger partial charge in [0.05, 0.1) is 6.10 Å². The summed E-state index contributed by atoms with van der Waals surface area (Å²) in [4.78, 5) is 0. The Labute approximate surface area is 131 Å². The summed E-state index contributed by atoms with van der Waals surface area (Å²) < 4.78 is 0. The molecule has 2 heteroatoms. The molecule has 0 radical (unpaired) electrons. The Morgan fingerprint density at radius 2 is 1.52 bits per heavy atom. The molecule has 0 heterocycles. The van der Waals surface area contributed by atoms with Crippen LogP contribution in [0.1, 0.15) is 85.0 Å². The van der Waals surface area contributed by atoms with Crippen molar-refractivity contribution in [3.63, 3.8) is 0 Å². The molecule has 0 aliphatic heterocycles. The van der Waals surface area contributed by atoms with Crippen molar-refractivity contribution in [2.24, 2.45) is 28.4 Å². The normalized spacial score (nSPS) is 32.4. The van der Waals surface area contributed by atoms with Crippen molar-refractivity contribution < 1.29 is 5.11 Å². The van der Waals surface area contributed by atoms with Crippen LogP contribution in [-0.2, 0) is 0 Å². The van der Waals surface area contributed by atoms with Crippen LogP contribution in [0, 0.1) is 22.7 Å². The van der Waals surface area contributed by atoms with Crippen LogP contribution in [0.3, 0.4) is 0 Å². The van der Waals surface area contributed by atoms with E-state index in [9.17, 15) is 5.11 Å². The van der Waals surface area contributed by atoms with E-state index in [1.165, 1.54) is 51.4 Å². The van der Waals surface area contributed by atoms with E-state index >= 15 is 0 Å². The quantitative estimate of drug-likeness (QED) is 0.753. The highest BCUT2D eigenvalue weighted by atomic mass is 16.3. The maximum atomic E-state index is 11.1. The summed E-state index contributed by atoms with van der Waals surface area (Å²) in [5.74, 6) is 1.31. The van der Waals surface area contributed by atoms with E-state index in [1.807, 2.05) is 0 Å². The van der Waals surface area contributed by atoms with Gasteiger partial charge in [0.25, 0.3) is 0 Å². The first-order valence-corrected chi connectivity index (χ1v) is 9.27. The first kappa shape index (κ1) is 17.3. The topological polar surface area (TPSA) is 46.2 Å². The van der Waals surface area contributed by atoms with Crippen LogP contribution in [0.15, 0.2) is 0 Å². The average molecular weight is 296 g/mol. The number of hydrogen-bond acceptors (Lipinski definition) is 2. The highest BCUT2D eigenvalue weighted by molar-refractivity contribution is 4.94. The van der Waals surface area contributed by atoms with E-state index in [4.69, 9.17) is 5.73 Å². The molecule has 0 bridgehead atoms. The molecule has 1 unspecified atom stereocenters. The molecule has 21 heavy (non-hydrogen) atoms. The summed E-state index contributed by atoms with van der Waals surface area (Å²) in [7, 11) is 0. The molecule has 2 saturated carbocycles. The van der Waals surface area contributed by atoms with Crippen LogP contribution in [0.25, 0.3) is 0 Å². The lowest BCUT2D eigenvalue weighted by molar-refractivity contribution is -0.0446. The fourth-order valence-electron chi connectivity index (χ4n) is 4.85. The van der Waals surface area contributed by atoms with Gasteiger partial charge < -0.3 is 10.8 Å². The fraction of sp³-hybridized carbons (Fsp3) is 1.00. The van der Waals surface area contributed by atoms with Gasteiger partial charge in [-0.2, -0.15) is 0 Å². The van der Waals surface area contributed by atoms with E-state index < -0.39 is 0 Å². The molecule has 2 aliphatic carbocycles. The van der Waals surface area contributed by atoms with Gasteiger partial charge in [-0.3, -0.25) is 0 Å². The summed E-state index contributed by atoms with van der Waals surface area (Å²) in [5, 5.41) is 11.1. The van der Waals surface area contributed by atoms with Gasteiger partial charge in [-0.1, -0.05) is 46.5 Å². The van der Waals surface area contributed by atoms with Crippen molar-refractivity contribution in [2.75, 3.05) is 6.54 Å². The maximum Gasteiger partial charge on any atom is 0.0636 e. The highest BCUT2D eigenvalue weighted by Gasteiger charge is 2.42. The van der Waals surface area contributed by atoms with Crippen molar-refractivity contribution in [2.45, 2.75) is 91.1 Å². The molecule has 1 atom stereocenters. The molecular formula is C19H37NO. The standard InChI is InChI=1S/C19H37NO/c1-18(2,3)16-10-8-15(9-11-16)17(21)19(14-20)12-6-4-5-7-13-19/h15-17,21H,4-14,20H2,1-3H3. The zero-order valence-electron chi connectivity index (χ0n) is 14.5. The van der Waals surface area contributed by atoms with Crippen LogP contribution in [0.4, 0.5) is 0 Å². The van der Waals surface area contributed by atoms with Crippen LogP contribution in [0.2, 0.25) is 0 Å². The zero-order valence-corrected chi connectivity index (χ0v) is 14.5. The van der Waals surface area contributed by atoms with Crippen molar-refractivity contribution in [1.82, 2.24) is 0 Å². The van der Waals surface area contributed by atoms with E-state index in [0.29, 0.717) is 17.9 Å². The Morgan fingerprint density at radius 3 is 1.95 bits per heavy atom. The molecule has 0 spiro atoms. The second-order valence-electron chi connectivity index (χ2n) is 8.90. The zero-order chi connectivity index (χ0) is 15.5. The average Bonchev–Trinajstić information content (AvgIpc) is 2.72. The molecule has 3 N–H and O–H groups in total. The smallest absolute Gasteiger partial charge is 0.0636 e. The summed E-state index contributed by atoms with van der Waals surface area (Å²) in [6.07, 6.45) is 12.2.